The Morgan fingerprint density at radius 1 is 1.16 bits per heavy atom. The molecule has 0 saturated carbocycles. The third kappa shape index (κ3) is 3.60. The number of aromatic nitrogens is 3. The van der Waals surface area contributed by atoms with Crippen molar-refractivity contribution in [1.82, 2.24) is 19.7 Å². The van der Waals surface area contributed by atoms with Crippen LogP contribution in [-0.4, -0.2) is 46.8 Å². The number of nitrogens with zero attached hydrogens (tertiary/aromatic N) is 4. The number of nitrogens with one attached hydrogen (secondary N) is 1. The minimum atomic E-state index is -0.136. The number of benzene rings is 2. The van der Waals surface area contributed by atoms with E-state index in [1.54, 1.807) is 37.2 Å². The first-order valence-electron chi connectivity index (χ1n) is 7.72. The molecule has 0 atom stereocenters. The van der Waals surface area contributed by atoms with E-state index in [2.05, 4.69) is 15.4 Å². The van der Waals surface area contributed by atoms with Crippen LogP contribution >= 0.6 is 0 Å². The van der Waals surface area contributed by atoms with Gasteiger partial charge in [0.1, 0.15) is 12.1 Å². The molecule has 3 rings (SSSR count). The first kappa shape index (κ1) is 16.5. The number of anilines is 2. The van der Waals surface area contributed by atoms with Crippen molar-refractivity contribution in [3.05, 3.63) is 60.4 Å². The van der Waals surface area contributed by atoms with Gasteiger partial charge < -0.3 is 15.0 Å². The van der Waals surface area contributed by atoms with Gasteiger partial charge in [-0.05, 0) is 30.3 Å². The topological polar surface area (TPSA) is 72.3 Å². The Labute approximate surface area is 145 Å². The Balaban J connectivity index is 1.85. The molecule has 25 heavy (non-hydrogen) atoms. The van der Waals surface area contributed by atoms with Gasteiger partial charge in [-0.1, -0.05) is 18.2 Å². The molecule has 7 heteroatoms. The summed E-state index contributed by atoms with van der Waals surface area (Å²) in [6.45, 7) is 0. The van der Waals surface area contributed by atoms with Crippen molar-refractivity contribution in [1.29, 1.82) is 0 Å². The lowest BCUT2D eigenvalue weighted by molar-refractivity contribution is 0.0824. The molecule has 0 spiro atoms. The number of amides is 1. The van der Waals surface area contributed by atoms with E-state index in [1.165, 1.54) is 12.0 Å². The minimum absolute atomic E-state index is 0.136. The molecular formula is C18H19N5O2. The number of hydrogen-bond donors (Lipinski definition) is 1. The Morgan fingerprint density at radius 2 is 1.92 bits per heavy atom. The summed E-state index contributed by atoms with van der Waals surface area (Å²) < 4.78 is 6.95. The molecule has 0 saturated heterocycles. The van der Waals surface area contributed by atoms with Crippen LogP contribution in [-0.2, 0) is 0 Å². The van der Waals surface area contributed by atoms with Gasteiger partial charge in [-0.15, -0.1) is 5.10 Å². The highest BCUT2D eigenvalue weighted by molar-refractivity contribution is 5.97. The lowest BCUT2D eigenvalue weighted by Gasteiger charge is -2.14. The number of ether oxygens (including phenoxy) is 1. The fourth-order valence-electron chi connectivity index (χ4n) is 2.35. The number of carbonyl (C=O) groups is 1. The lowest BCUT2D eigenvalue weighted by atomic mass is 10.1. The van der Waals surface area contributed by atoms with Gasteiger partial charge in [0.15, 0.2) is 0 Å². The van der Waals surface area contributed by atoms with Crippen LogP contribution in [0.25, 0.3) is 5.69 Å². The molecule has 3 aromatic rings. The SMILES string of the molecule is COc1ccc(Nc2ncn(-c3ccccc3)n2)cc1C(=O)N(C)C. The molecule has 0 radical (unpaired) electrons. The molecule has 128 valence electrons. The van der Waals surface area contributed by atoms with E-state index in [0.717, 1.165) is 5.69 Å². The maximum atomic E-state index is 12.3. The maximum absolute atomic E-state index is 12.3. The van der Waals surface area contributed by atoms with Crippen molar-refractivity contribution >= 4 is 17.5 Å². The summed E-state index contributed by atoms with van der Waals surface area (Å²) >= 11 is 0. The molecule has 1 amide bonds. The minimum Gasteiger partial charge on any atom is -0.496 e. The predicted molar refractivity (Wildman–Crippen MR) is 95.7 cm³/mol. The highest BCUT2D eigenvalue weighted by atomic mass is 16.5. The average Bonchev–Trinajstić information content (AvgIpc) is 3.10. The van der Waals surface area contributed by atoms with Crippen LogP contribution in [0.3, 0.4) is 0 Å². The van der Waals surface area contributed by atoms with Crippen molar-refractivity contribution in [3.8, 4) is 11.4 Å². The molecule has 2 aromatic carbocycles. The van der Waals surface area contributed by atoms with E-state index in [1.807, 2.05) is 36.4 Å². The fraction of sp³-hybridized carbons (Fsp3) is 0.167. The summed E-state index contributed by atoms with van der Waals surface area (Å²) in [5.74, 6) is 0.826. The molecule has 1 aromatic heterocycles. The number of para-hydroxylation sites is 1. The highest BCUT2D eigenvalue weighted by Crippen LogP contribution is 2.25. The zero-order valence-electron chi connectivity index (χ0n) is 14.3. The molecule has 1 heterocycles. The highest BCUT2D eigenvalue weighted by Gasteiger charge is 2.15. The molecule has 0 aliphatic rings. The Hall–Kier alpha value is -3.35. The Bertz CT molecular complexity index is 874. The zero-order chi connectivity index (χ0) is 17.8. The quantitative estimate of drug-likeness (QED) is 0.775. The van der Waals surface area contributed by atoms with E-state index in [0.29, 0.717) is 22.9 Å². The number of rotatable bonds is 5. The average molecular weight is 337 g/mol. The van der Waals surface area contributed by atoms with Gasteiger partial charge in [-0.2, -0.15) is 4.98 Å². The second kappa shape index (κ2) is 7.04. The van der Waals surface area contributed by atoms with Gasteiger partial charge in [-0.3, -0.25) is 4.79 Å². The van der Waals surface area contributed by atoms with Crippen LogP contribution < -0.4 is 10.1 Å². The summed E-state index contributed by atoms with van der Waals surface area (Å²) in [5.41, 5.74) is 2.10. The molecule has 0 fully saturated rings. The van der Waals surface area contributed by atoms with Crippen LogP contribution in [0.2, 0.25) is 0 Å². The Kier molecular flexibility index (Phi) is 4.65. The number of methoxy groups -OCH3 is 1. The van der Waals surface area contributed by atoms with Gasteiger partial charge in [-0.25, -0.2) is 4.68 Å². The van der Waals surface area contributed by atoms with Gasteiger partial charge in [0.25, 0.3) is 5.91 Å². The van der Waals surface area contributed by atoms with Gasteiger partial charge in [0, 0.05) is 19.8 Å². The molecule has 0 aliphatic heterocycles. The normalized spacial score (nSPS) is 10.4. The Morgan fingerprint density at radius 3 is 2.60 bits per heavy atom. The summed E-state index contributed by atoms with van der Waals surface area (Å²) in [6.07, 6.45) is 1.63. The van der Waals surface area contributed by atoms with Crippen molar-refractivity contribution in [2.24, 2.45) is 0 Å². The molecule has 0 aliphatic carbocycles. The van der Waals surface area contributed by atoms with Crippen molar-refractivity contribution in [2.75, 3.05) is 26.5 Å². The summed E-state index contributed by atoms with van der Waals surface area (Å²) in [4.78, 5) is 18.1. The second-order valence-corrected chi connectivity index (χ2v) is 5.59. The molecule has 7 nitrogen and oxygen atoms in total. The van der Waals surface area contributed by atoms with Crippen LogP contribution in [0.15, 0.2) is 54.9 Å². The summed E-state index contributed by atoms with van der Waals surface area (Å²) in [5, 5.41) is 7.51. The van der Waals surface area contributed by atoms with Crippen molar-refractivity contribution in [3.63, 3.8) is 0 Å². The third-order valence-corrected chi connectivity index (χ3v) is 3.60. The first-order valence-corrected chi connectivity index (χ1v) is 7.72. The van der Waals surface area contributed by atoms with Crippen molar-refractivity contribution < 1.29 is 9.53 Å². The van der Waals surface area contributed by atoms with E-state index in [-0.39, 0.29) is 5.91 Å². The summed E-state index contributed by atoms with van der Waals surface area (Å²) in [7, 11) is 4.94. The fourth-order valence-corrected chi connectivity index (χ4v) is 2.35. The zero-order valence-corrected chi connectivity index (χ0v) is 14.3. The maximum Gasteiger partial charge on any atom is 0.257 e. The van der Waals surface area contributed by atoms with E-state index >= 15 is 0 Å². The van der Waals surface area contributed by atoms with E-state index in [4.69, 9.17) is 4.74 Å². The molecule has 0 bridgehead atoms. The van der Waals surface area contributed by atoms with Crippen LogP contribution in [0.5, 0.6) is 5.75 Å². The summed E-state index contributed by atoms with van der Waals surface area (Å²) in [6, 6.07) is 15.0. The van der Waals surface area contributed by atoms with Gasteiger partial charge in [0.05, 0.1) is 18.4 Å². The van der Waals surface area contributed by atoms with Crippen LogP contribution in [0, 0.1) is 0 Å². The van der Waals surface area contributed by atoms with Crippen molar-refractivity contribution in [2.45, 2.75) is 0 Å². The monoisotopic (exact) mass is 337 g/mol. The number of hydrogen-bond acceptors (Lipinski definition) is 5. The van der Waals surface area contributed by atoms with E-state index < -0.39 is 0 Å². The molecular weight excluding hydrogens is 318 g/mol. The number of carbonyl (C=O) groups excluding carboxylic acids is 1. The smallest absolute Gasteiger partial charge is 0.257 e. The lowest BCUT2D eigenvalue weighted by Crippen LogP contribution is -2.22. The largest absolute Gasteiger partial charge is 0.496 e. The standard InChI is InChI=1S/C18H19N5O2/c1-22(2)17(24)15-11-13(9-10-16(15)25-3)20-18-19-12-23(21-18)14-7-5-4-6-8-14/h4-12H,1-3H3,(H,20,21). The molecule has 1 N–H and O–H groups in total. The van der Waals surface area contributed by atoms with Gasteiger partial charge in [0.2, 0.25) is 5.95 Å². The third-order valence-electron chi connectivity index (χ3n) is 3.60. The predicted octanol–water partition coefficient (Wildman–Crippen LogP) is 2.72. The van der Waals surface area contributed by atoms with E-state index in [9.17, 15) is 4.79 Å². The van der Waals surface area contributed by atoms with Crippen LogP contribution in [0.4, 0.5) is 11.6 Å². The van der Waals surface area contributed by atoms with Gasteiger partial charge >= 0.3 is 0 Å². The van der Waals surface area contributed by atoms with Crippen LogP contribution in [0.1, 0.15) is 10.4 Å². The first-order chi connectivity index (χ1) is 12.1. The second-order valence-electron chi connectivity index (χ2n) is 5.59. The molecule has 0 unspecified atom stereocenters.